The van der Waals surface area contributed by atoms with E-state index in [9.17, 15) is 4.79 Å². The van der Waals surface area contributed by atoms with Crippen molar-refractivity contribution in [2.75, 3.05) is 0 Å². The Morgan fingerprint density at radius 2 is 2.12 bits per heavy atom. The van der Waals surface area contributed by atoms with E-state index < -0.39 is 0 Å². The summed E-state index contributed by atoms with van der Waals surface area (Å²) in [6.45, 7) is 0. The molecular weight excluding hydrogens is 346 g/mol. The van der Waals surface area contributed by atoms with Crippen LogP contribution < -0.4 is 5.32 Å². The quantitative estimate of drug-likeness (QED) is 0.818. The van der Waals surface area contributed by atoms with Crippen LogP contribution in [0.25, 0.3) is 0 Å². The number of hydrogen-bond donors (Lipinski definition) is 1. The van der Waals surface area contributed by atoms with Crippen molar-refractivity contribution in [3.63, 3.8) is 0 Å². The van der Waals surface area contributed by atoms with Gasteiger partial charge in [0.1, 0.15) is 5.69 Å². The summed E-state index contributed by atoms with van der Waals surface area (Å²) < 4.78 is 0. The van der Waals surface area contributed by atoms with Gasteiger partial charge in [0.05, 0.1) is 6.20 Å². The lowest BCUT2D eigenvalue weighted by atomic mass is 9.73. The van der Waals surface area contributed by atoms with Crippen molar-refractivity contribution in [3.8, 4) is 11.8 Å². The highest BCUT2D eigenvalue weighted by Crippen LogP contribution is 2.53. The SMILES string of the molecule is O=C(NC12CCCC(C#Cc3cnccn3)(CC1)C2)c1cccc(Cl)c1. The first-order chi connectivity index (χ1) is 12.6. The van der Waals surface area contributed by atoms with E-state index in [-0.39, 0.29) is 16.9 Å². The van der Waals surface area contributed by atoms with E-state index in [1.807, 2.05) is 0 Å². The summed E-state index contributed by atoms with van der Waals surface area (Å²) in [5.74, 6) is 6.60. The minimum absolute atomic E-state index is 0.0304. The summed E-state index contributed by atoms with van der Waals surface area (Å²) >= 11 is 6.02. The molecule has 132 valence electrons. The van der Waals surface area contributed by atoms with Crippen molar-refractivity contribution in [1.82, 2.24) is 15.3 Å². The highest BCUT2D eigenvalue weighted by atomic mass is 35.5. The molecule has 2 unspecified atom stereocenters. The molecule has 2 aliphatic carbocycles. The van der Waals surface area contributed by atoms with Gasteiger partial charge in [-0.15, -0.1) is 0 Å². The van der Waals surface area contributed by atoms with Crippen LogP contribution in [0.2, 0.25) is 5.02 Å². The van der Waals surface area contributed by atoms with E-state index >= 15 is 0 Å². The zero-order valence-electron chi connectivity index (χ0n) is 14.5. The summed E-state index contributed by atoms with van der Waals surface area (Å²) in [4.78, 5) is 21.0. The van der Waals surface area contributed by atoms with Gasteiger partial charge in [0.15, 0.2) is 0 Å². The van der Waals surface area contributed by atoms with Crippen LogP contribution in [0.1, 0.15) is 54.6 Å². The van der Waals surface area contributed by atoms with Crippen LogP contribution in [0.4, 0.5) is 0 Å². The van der Waals surface area contributed by atoms with Gasteiger partial charge in [-0.2, -0.15) is 0 Å². The number of nitrogens with one attached hydrogen (secondary N) is 1. The highest BCUT2D eigenvalue weighted by Gasteiger charge is 2.51. The van der Waals surface area contributed by atoms with Gasteiger partial charge in [-0.3, -0.25) is 9.78 Å². The first kappa shape index (κ1) is 17.1. The topological polar surface area (TPSA) is 54.9 Å². The number of carbonyl (C=O) groups excluding carboxylic acids is 1. The molecule has 2 saturated carbocycles. The smallest absolute Gasteiger partial charge is 0.251 e. The van der Waals surface area contributed by atoms with Crippen LogP contribution >= 0.6 is 11.6 Å². The number of fused-ring (bicyclic) bond motifs is 2. The van der Waals surface area contributed by atoms with Gasteiger partial charge in [0.2, 0.25) is 0 Å². The number of hydrogen-bond acceptors (Lipinski definition) is 3. The fourth-order valence-electron chi connectivity index (χ4n) is 4.34. The number of nitrogens with zero attached hydrogens (tertiary/aromatic N) is 2. The number of carbonyl (C=O) groups is 1. The number of halogens is 1. The van der Waals surface area contributed by atoms with Gasteiger partial charge in [-0.1, -0.05) is 23.6 Å². The largest absolute Gasteiger partial charge is 0.347 e. The predicted octanol–water partition coefficient (Wildman–Crippen LogP) is 4.00. The standard InChI is InChI=1S/C21H20ClN3O/c22-17-4-1-3-16(13-17)19(26)25-21-7-2-6-20(15-21,9-10-21)8-5-18-14-23-11-12-24-18/h1,3-4,11-14H,2,6-7,9-10,15H2,(H,25,26). The maximum Gasteiger partial charge on any atom is 0.251 e. The molecule has 1 N–H and O–H groups in total. The number of aromatic nitrogens is 2. The molecule has 0 radical (unpaired) electrons. The van der Waals surface area contributed by atoms with Crippen molar-refractivity contribution in [2.24, 2.45) is 5.41 Å². The Labute approximate surface area is 158 Å². The third kappa shape index (κ3) is 3.45. The lowest BCUT2D eigenvalue weighted by molar-refractivity contribution is 0.0872. The van der Waals surface area contributed by atoms with Crippen LogP contribution in [0.3, 0.4) is 0 Å². The average molecular weight is 366 g/mol. The molecular formula is C21H20ClN3O. The molecule has 2 fully saturated rings. The fourth-order valence-corrected chi connectivity index (χ4v) is 4.53. The third-order valence-electron chi connectivity index (χ3n) is 5.55. The van der Waals surface area contributed by atoms with E-state index in [1.165, 1.54) is 0 Å². The molecule has 1 heterocycles. The van der Waals surface area contributed by atoms with Crippen LogP contribution in [-0.4, -0.2) is 21.4 Å². The van der Waals surface area contributed by atoms with E-state index in [2.05, 4.69) is 27.1 Å². The van der Waals surface area contributed by atoms with Gasteiger partial charge < -0.3 is 5.32 Å². The average Bonchev–Trinajstić information content (AvgIpc) is 2.91. The second kappa shape index (κ2) is 6.74. The number of amides is 1. The zero-order valence-corrected chi connectivity index (χ0v) is 15.2. The molecule has 2 atom stereocenters. The molecule has 0 aliphatic heterocycles. The van der Waals surface area contributed by atoms with Crippen LogP contribution in [0, 0.1) is 17.3 Å². The zero-order chi connectivity index (χ0) is 18.0. The van der Waals surface area contributed by atoms with Gasteiger partial charge in [0, 0.05) is 33.9 Å². The fraction of sp³-hybridized carbons (Fsp3) is 0.381. The van der Waals surface area contributed by atoms with E-state index in [0.717, 1.165) is 38.5 Å². The van der Waals surface area contributed by atoms with Gasteiger partial charge in [-0.25, -0.2) is 4.98 Å². The molecule has 2 aliphatic rings. The molecule has 4 rings (SSSR count). The van der Waals surface area contributed by atoms with E-state index in [4.69, 9.17) is 11.6 Å². The second-order valence-electron chi connectivity index (χ2n) is 7.40. The lowest BCUT2D eigenvalue weighted by Crippen LogP contribution is -2.48. The lowest BCUT2D eigenvalue weighted by Gasteiger charge is -2.37. The number of rotatable bonds is 2. The Morgan fingerprint density at radius 3 is 2.92 bits per heavy atom. The summed E-state index contributed by atoms with van der Waals surface area (Å²) in [6.07, 6.45) is 11.0. The van der Waals surface area contributed by atoms with Crippen molar-refractivity contribution >= 4 is 17.5 Å². The van der Waals surface area contributed by atoms with E-state index in [0.29, 0.717) is 16.3 Å². The van der Waals surface area contributed by atoms with Crippen molar-refractivity contribution in [2.45, 2.75) is 44.1 Å². The Balaban J connectivity index is 1.52. The molecule has 4 nitrogen and oxygen atoms in total. The predicted molar refractivity (Wildman–Crippen MR) is 101 cm³/mol. The molecule has 0 saturated heterocycles. The first-order valence-electron chi connectivity index (χ1n) is 8.96. The minimum atomic E-state index is -0.158. The molecule has 1 amide bonds. The van der Waals surface area contributed by atoms with Crippen LogP contribution in [0.5, 0.6) is 0 Å². The Morgan fingerprint density at radius 1 is 1.19 bits per heavy atom. The van der Waals surface area contributed by atoms with Crippen molar-refractivity contribution in [1.29, 1.82) is 0 Å². The van der Waals surface area contributed by atoms with Gasteiger partial charge in [-0.05, 0) is 62.6 Å². The normalized spacial score (nSPS) is 26.7. The first-order valence-corrected chi connectivity index (χ1v) is 9.33. The minimum Gasteiger partial charge on any atom is -0.347 e. The summed E-state index contributed by atoms with van der Waals surface area (Å²) in [7, 11) is 0. The van der Waals surface area contributed by atoms with Crippen LogP contribution in [-0.2, 0) is 0 Å². The summed E-state index contributed by atoms with van der Waals surface area (Å²) in [5, 5.41) is 3.88. The molecule has 2 bridgehead atoms. The molecule has 5 heteroatoms. The Kier molecular flexibility index (Phi) is 4.42. The molecule has 1 aromatic carbocycles. The van der Waals surface area contributed by atoms with Crippen LogP contribution in [0.15, 0.2) is 42.9 Å². The summed E-state index contributed by atoms with van der Waals surface area (Å²) in [5.41, 5.74) is 1.13. The molecule has 1 aromatic heterocycles. The maximum absolute atomic E-state index is 12.7. The highest BCUT2D eigenvalue weighted by molar-refractivity contribution is 6.30. The maximum atomic E-state index is 12.7. The molecule has 0 spiro atoms. The van der Waals surface area contributed by atoms with Gasteiger partial charge in [0.25, 0.3) is 5.91 Å². The second-order valence-corrected chi connectivity index (χ2v) is 7.83. The van der Waals surface area contributed by atoms with Gasteiger partial charge >= 0.3 is 0 Å². The monoisotopic (exact) mass is 365 g/mol. The van der Waals surface area contributed by atoms with Crippen molar-refractivity contribution in [3.05, 3.63) is 59.1 Å². The summed E-state index contributed by atoms with van der Waals surface area (Å²) in [6, 6.07) is 7.10. The Hall–Kier alpha value is -2.38. The Bertz CT molecular complexity index is 889. The van der Waals surface area contributed by atoms with Crippen molar-refractivity contribution < 1.29 is 4.79 Å². The molecule has 26 heavy (non-hydrogen) atoms. The number of benzene rings is 1. The molecule has 2 aromatic rings. The van der Waals surface area contributed by atoms with E-state index in [1.54, 1.807) is 42.9 Å². The third-order valence-corrected chi connectivity index (χ3v) is 5.79.